The number of hydrogen-bond donors (Lipinski definition) is 1. The summed E-state index contributed by atoms with van der Waals surface area (Å²) in [5, 5.41) is 12.3. The first kappa shape index (κ1) is 15.3. The van der Waals surface area contributed by atoms with E-state index in [9.17, 15) is 13.2 Å². The van der Waals surface area contributed by atoms with E-state index in [1.807, 2.05) is 6.92 Å². The number of nitriles is 1. The van der Waals surface area contributed by atoms with Crippen LogP contribution in [-0.4, -0.2) is 42.8 Å². The van der Waals surface area contributed by atoms with Crippen molar-refractivity contribution in [1.29, 1.82) is 5.26 Å². The van der Waals surface area contributed by atoms with Gasteiger partial charge in [0.25, 0.3) is 0 Å². The summed E-state index contributed by atoms with van der Waals surface area (Å²) in [6.07, 6.45) is -0.825. The maximum Gasteiger partial charge on any atom is 0.401 e. The van der Waals surface area contributed by atoms with Crippen molar-refractivity contribution in [3.05, 3.63) is 0 Å². The Balaban J connectivity index is 2.24. The number of nitrogens with one attached hydrogen (secondary N) is 1. The minimum Gasteiger partial charge on any atom is -0.298 e. The molecule has 0 aromatic rings. The number of rotatable bonds is 7. The zero-order chi connectivity index (χ0) is 13.8. The Morgan fingerprint density at radius 2 is 2.00 bits per heavy atom. The summed E-state index contributed by atoms with van der Waals surface area (Å²) in [4.78, 5) is 1.24. The molecule has 0 heterocycles. The van der Waals surface area contributed by atoms with Gasteiger partial charge in [-0.25, -0.2) is 0 Å². The lowest BCUT2D eigenvalue weighted by molar-refractivity contribution is -0.143. The Bertz CT molecular complexity index is 307. The van der Waals surface area contributed by atoms with E-state index >= 15 is 0 Å². The minimum absolute atomic E-state index is 0.350. The van der Waals surface area contributed by atoms with Crippen molar-refractivity contribution in [3.63, 3.8) is 0 Å². The monoisotopic (exact) mass is 263 g/mol. The Kier molecular flexibility index (Phi) is 5.00. The van der Waals surface area contributed by atoms with Gasteiger partial charge in [-0.2, -0.15) is 18.4 Å². The molecule has 0 aliphatic heterocycles. The Labute approximate surface area is 106 Å². The van der Waals surface area contributed by atoms with E-state index in [4.69, 9.17) is 5.26 Å². The van der Waals surface area contributed by atoms with Crippen LogP contribution in [0.1, 0.15) is 32.6 Å². The molecule has 0 spiro atoms. The highest BCUT2D eigenvalue weighted by Crippen LogP contribution is 2.24. The summed E-state index contributed by atoms with van der Waals surface area (Å²) in [6.45, 7) is 1.27. The summed E-state index contributed by atoms with van der Waals surface area (Å²) < 4.78 is 36.3. The van der Waals surface area contributed by atoms with Gasteiger partial charge in [-0.1, -0.05) is 0 Å². The van der Waals surface area contributed by atoms with Gasteiger partial charge in [0, 0.05) is 6.04 Å². The van der Waals surface area contributed by atoms with Gasteiger partial charge < -0.3 is 0 Å². The fourth-order valence-corrected chi connectivity index (χ4v) is 1.93. The van der Waals surface area contributed by atoms with Gasteiger partial charge in [-0.3, -0.25) is 10.2 Å². The number of alkyl halides is 3. The molecule has 0 saturated heterocycles. The van der Waals surface area contributed by atoms with E-state index in [0.717, 1.165) is 12.8 Å². The molecular formula is C12H20F3N3. The van der Waals surface area contributed by atoms with Crippen LogP contribution in [-0.2, 0) is 0 Å². The lowest BCUT2D eigenvalue weighted by atomic mass is 9.97. The van der Waals surface area contributed by atoms with Gasteiger partial charge in [-0.15, -0.1) is 0 Å². The largest absolute Gasteiger partial charge is 0.401 e. The molecule has 0 aromatic heterocycles. The van der Waals surface area contributed by atoms with E-state index in [0.29, 0.717) is 25.4 Å². The Morgan fingerprint density at radius 3 is 2.44 bits per heavy atom. The van der Waals surface area contributed by atoms with Gasteiger partial charge >= 0.3 is 6.18 Å². The third-order valence-corrected chi connectivity index (χ3v) is 3.01. The van der Waals surface area contributed by atoms with Gasteiger partial charge in [-0.05, 0) is 46.2 Å². The molecule has 1 atom stereocenters. The first-order valence-corrected chi connectivity index (χ1v) is 6.18. The third kappa shape index (κ3) is 6.22. The first-order valence-electron chi connectivity index (χ1n) is 6.18. The Morgan fingerprint density at radius 1 is 1.39 bits per heavy atom. The van der Waals surface area contributed by atoms with Crippen LogP contribution < -0.4 is 5.32 Å². The summed E-state index contributed by atoms with van der Waals surface area (Å²) in [5.74, 6) is 0. The number of halogens is 3. The van der Waals surface area contributed by atoms with Crippen LogP contribution in [0.5, 0.6) is 0 Å². The number of hydrogen-bond acceptors (Lipinski definition) is 3. The summed E-state index contributed by atoms with van der Waals surface area (Å²) in [5.41, 5.74) is -0.611. The molecule has 1 fully saturated rings. The zero-order valence-corrected chi connectivity index (χ0v) is 10.8. The van der Waals surface area contributed by atoms with Crippen molar-refractivity contribution in [3.8, 4) is 6.07 Å². The van der Waals surface area contributed by atoms with Gasteiger partial charge in [0.15, 0.2) is 0 Å². The normalized spacial score (nSPS) is 19.6. The number of nitrogens with zero attached hydrogens (tertiary/aromatic N) is 2. The van der Waals surface area contributed by atoms with Crippen molar-refractivity contribution in [2.45, 2.75) is 50.4 Å². The maximum atomic E-state index is 12.1. The van der Waals surface area contributed by atoms with Crippen molar-refractivity contribution < 1.29 is 13.2 Å². The van der Waals surface area contributed by atoms with Crippen LogP contribution in [0, 0.1) is 11.3 Å². The zero-order valence-electron chi connectivity index (χ0n) is 10.8. The van der Waals surface area contributed by atoms with E-state index < -0.39 is 18.3 Å². The van der Waals surface area contributed by atoms with E-state index in [1.165, 1.54) is 11.9 Å². The molecule has 0 radical (unpaired) electrons. The molecule has 104 valence electrons. The van der Waals surface area contributed by atoms with Crippen LogP contribution in [0.2, 0.25) is 0 Å². The van der Waals surface area contributed by atoms with Gasteiger partial charge in [0.2, 0.25) is 0 Å². The molecular weight excluding hydrogens is 243 g/mol. The van der Waals surface area contributed by atoms with Crippen molar-refractivity contribution >= 4 is 0 Å². The lowest BCUT2D eigenvalue weighted by Crippen LogP contribution is -2.43. The molecule has 6 heteroatoms. The average molecular weight is 263 g/mol. The second-order valence-corrected chi connectivity index (χ2v) is 5.32. The molecule has 0 bridgehead atoms. The second-order valence-electron chi connectivity index (χ2n) is 5.32. The molecule has 1 rings (SSSR count). The smallest absolute Gasteiger partial charge is 0.298 e. The van der Waals surface area contributed by atoms with Crippen LogP contribution in [0.25, 0.3) is 0 Å². The summed E-state index contributed by atoms with van der Waals surface area (Å²) >= 11 is 0. The van der Waals surface area contributed by atoms with Crippen molar-refractivity contribution in [1.82, 2.24) is 10.2 Å². The van der Waals surface area contributed by atoms with Gasteiger partial charge in [0.05, 0.1) is 12.6 Å². The fourth-order valence-electron chi connectivity index (χ4n) is 1.93. The molecule has 1 N–H and O–H groups in total. The third-order valence-electron chi connectivity index (χ3n) is 3.01. The molecule has 1 aliphatic carbocycles. The van der Waals surface area contributed by atoms with Crippen LogP contribution in [0.3, 0.4) is 0 Å². The topological polar surface area (TPSA) is 39.1 Å². The van der Waals surface area contributed by atoms with E-state index in [1.54, 1.807) is 0 Å². The van der Waals surface area contributed by atoms with Crippen molar-refractivity contribution in [2.75, 3.05) is 20.1 Å². The average Bonchev–Trinajstić information content (AvgIpc) is 2.98. The molecule has 18 heavy (non-hydrogen) atoms. The summed E-state index contributed by atoms with van der Waals surface area (Å²) in [6, 6.07) is 2.64. The molecule has 0 amide bonds. The van der Waals surface area contributed by atoms with Crippen molar-refractivity contribution in [2.24, 2.45) is 0 Å². The quantitative estimate of drug-likeness (QED) is 0.766. The Hall–Kier alpha value is -0.800. The van der Waals surface area contributed by atoms with Crippen LogP contribution >= 0.6 is 0 Å². The highest BCUT2D eigenvalue weighted by atomic mass is 19.4. The lowest BCUT2D eigenvalue weighted by Gasteiger charge is -2.25. The molecule has 1 saturated carbocycles. The highest BCUT2D eigenvalue weighted by molar-refractivity contribution is 5.07. The molecule has 1 aliphatic rings. The maximum absolute atomic E-state index is 12.1. The molecule has 3 nitrogen and oxygen atoms in total. The predicted molar refractivity (Wildman–Crippen MR) is 63.0 cm³/mol. The highest BCUT2D eigenvalue weighted by Gasteiger charge is 2.33. The van der Waals surface area contributed by atoms with Crippen LogP contribution in [0.4, 0.5) is 13.2 Å². The molecule has 1 unspecified atom stereocenters. The molecule has 0 aromatic carbocycles. The standard InChI is InChI=1S/C12H20F3N3/c1-11(8-16,17-10-4-5-10)6-3-7-18(2)9-12(13,14)15/h10,17H,3-7,9H2,1-2H3. The summed E-state index contributed by atoms with van der Waals surface area (Å²) in [7, 11) is 1.45. The fraction of sp³-hybridized carbons (Fsp3) is 0.917. The van der Waals surface area contributed by atoms with E-state index in [-0.39, 0.29) is 0 Å². The van der Waals surface area contributed by atoms with Gasteiger partial charge in [0.1, 0.15) is 5.54 Å². The van der Waals surface area contributed by atoms with Crippen LogP contribution in [0.15, 0.2) is 0 Å². The predicted octanol–water partition coefficient (Wildman–Crippen LogP) is 2.29. The minimum atomic E-state index is -4.15. The SMILES string of the molecule is CN(CCCC(C)(C#N)NC1CC1)CC(F)(F)F. The first-order chi connectivity index (χ1) is 8.24. The second kappa shape index (κ2) is 5.89. The van der Waals surface area contributed by atoms with E-state index in [2.05, 4.69) is 11.4 Å².